The number of nitrogens with zero attached hydrogens (tertiary/aromatic N) is 2. The number of piperidine rings is 1. The number of hydrogen-bond acceptors (Lipinski definition) is 3. The Hall–Kier alpha value is -0.610. The first-order valence-corrected chi connectivity index (χ1v) is 8.39. The summed E-state index contributed by atoms with van der Waals surface area (Å²) in [6, 6.07) is 0.533. The quantitative estimate of drug-likeness (QED) is 0.851. The zero-order valence-corrected chi connectivity index (χ0v) is 12.5. The predicted molar refractivity (Wildman–Crippen MR) is 78.4 cm³/mol. The number of amides is 1. The van der Waals surface area contributed by atoms with Gasteiger partial charge in [-0.3, -0.25) is 4.79 Å². The molecule has 3 rings (SSSR count). The maximum atomic E-state index is 13.0. The van der Waals surface area contributed by atoms with E-state index in [0.29, 0.717) is 11.9 Å². The molecule has 0 aromatic rings. The fraction of sp³-hybridized carbons (Fsp3) is 0.938. The van der Waals surface area contributed by atoms with Crippen molar-refractivity contribution in [2.24, 2.45) is 5.41 Å². The molecular formula is C16H28N2O2. The zero-order valence-electron chi connectivity index (χ0n) is 12.5. The molecule has 1 spiro atoms. The van der Waals surface area contributed by atoms with Crippen molar-refractivity contribution >= 4 is 5.91 Å². The van der Waals surface area contributed by atoms with Crippen LogP contribution in [0.1, 0.15) is 51.4 Å². The molecule has 4 heteroatoms. The molecule has 2 saturated heterocycles. The highest BCUT2D eigenvalue weighted by molar-refractivity contribution is 5.84. The van der Waals surface area contributed by atoms with E-state index in [2.05, 4.69) is 9.80 Å². The standard InChI is InChI=1S/C16H28N2O2/c19-12-4-9-17-11-8-16(13-17)7-3-10-18(15(16)20)14-5-1-2-6-14/h14,19H,1-13H2/t16-/m0/s1. The van der Waals surface area contributed by atoms with Gasteiger partial charge in [0.1, 0.15) is 0 Å². The van der Waals surface area contributed by atoms with E-state index >= 15 is 0 Å². The van der Waals surface area contributed by atoms with Gasteiger partial charge < -0.3 is 14.9 Å². The third-order valence-corrected chi connectivity index (χ3v) is 5.60. The highest BCUT2D eigenvalue weighted by Gasteiger charge is 2.49. The molecule has 3 fully saturated rings. The van der Waals surface area contributed by atoms with Crippen LogP contribution in [-0.2, 0) is 4.79 Å². The number of carbonyl (C=O) groups is 1. The van der Waals surface area contributed by atoms with Crippen molar-refractivity contribution in [3.05, 3.63) is 0 Å². The van der Waals surface area contributed by atoms with Gasteiger partial charge in [-0.05, 0) is 45.1 Å². The average Bonchev–Trinajstić information content (AvgIpc) is 3.11. The molecular weight excluding hydrogens is 252 g/mol. The number of aliphatic hydroxyl groups is 1. The molecule has 114 valence electrons. The minimum Gasteiger partial charge on any atom is -0.396 e. The summed E-state index contributed by atoms with van der Waals surface area (Å²) in [6.07, 6.45) is 9.14. The summed E-state index contributed by atoms with van der Waals surface area (Å²) in [5, 5.41) is 8.96. The zero-order chi connectivity index (χ0) is 14.0. The first-order chi connectivity index (χ1) is 9.75. The molecule has 0 aromatic heterocycles. The van der Waals surface area contributed by atoms with Gasteiger partial charge in [-0.2, -0.15) is 0 Å². The van der Waals surface area contributed by atoms with Crippen molar-refractivity contribution < 1.29 is 9.90 Å². The smallest absolute Gasteiger partial charge is 0.230 e. The first kappa shape index (κ1) is 14.3. The Balaban J connectivity index is 1.65. The van der Waals surface area contributed by atoms with Gasteiger partial charge in [-0.25, -0.2) is 0 Å². The topological polar surface area (TPSA) is 43.8 Å². The van der Waals surface area contributed by atoms with E-state index in [9.17, 15) is 4.79 Å². The van der Waals surface area contributed by atoms with Gasteiger partial charge in [0.05, 0.1) is 5.41 Å². The van der Waals surface area contributed by atoms with E-state index in [1.807, 2.05) is 0 Å². The predicted octanol–water partition coefficient (Wildman–Crippen LogP) is 1.63. The van der Waals surface area contributed by atoms with E-state index < -0.39 is 0 Å². The Morgan fingerprint density at radius 1 is 1.15 bits per heavy atom. The number of likely N-dealkylation sites (tertiary alicyclic amines) is 2. The molecule has 0 bridgehead atoms. The number of aliphatic hydroxyl groups excluding tert-OH is 1. The lowest BCUT2D eigenvalue weighted by Crippen LogP contribution is -2.53. The van der Waals surface area contributed by atoms with Gasteiger partial charge in [0.2, 0.25) is 5.91 Å². The van der Waals surface area contributed by atoms with Crippen LogP contribution in [0, 0.1) is 5.41 Å². The largest absolute Gasteiger partial charge is 0.396 e. The first-order valence-electron chi connectivity index (χ1n) is 8.39. The van der Waals surface area contributed by atoms with Gasteiger partial charge >= 0.3 is 0 Å². The molecule has 0 unspecified atom stereocenters. The Morgan fingerprint density at radius 2 is 1.95 bits per heavy atom. The normalized spacial score (nSPS) is 32.6. The molecule has 2 heterocycles. The van der Waals surface area contributed by atoms with Crippen LogP contribution < -0.4 is 0 Å². The third kappa shape index (κ3) is 2.60. The van der Waals surface area contributed by atoms with Crippen molar-refractivity contribution in [2.45, 2.75) is 57.4 Å². The Labute approximate surface area is 122 Å². The molecule has 1 aliphatic carbocycles. The van der Waals surface area contributed by atoms with Crippen molar-refractivity contribution in [1.82, 2.24) is 9.80 Å². The van der Waals surface area contributed by atoms with Crippen molar-refractivity contribution in [1.29, 1.82) is 0 Å². The summed E-state index contributed by atoms with van der Waals surface area (Å²) in [7, 11) is 0. The molecule has 4 nitrogen and oxygen atoms in total. The number of rotatable bonds is 4. The molecule has 1 N–H and O–H groups in total. The van der Waals surface area contributed by atoms with E-state index in [-0.39, 0.29) is 12.0 Å². The molecule has 1 atom stereocenters. The van der Waals surface area contributed by atoms with Gasteiger partial charge in [0.15, 0.2) is 0 Å². The minimum atomic E-state index is -0.0870. The highest BCUT2D eigenvalue weighted by atomic mass is 16.3. The van der Waals surface area contributed by atoms with Gasteiger partial charge in [-0.1, -0.05) is 12.8 Å². The molecule has 0 aromatic carbocycles. The van der Waals surface area contributed by atoms with E-state index in [1.54, 1.807) is 0 Å². The minimum absolute atomic E-state index is 0.0870. The van der Waals surface area contributed by atoms with Gasteiger partial charge in [-0.15, -0.1) is 0 Å². The molecule has 3 aliphatic rings. The Bertz CT molecular complexity index is 354. The average molecular weight is 280 g/mol. The lowest BCUT2D eigenvalue weighted by Gasteiger charge is -2.42. The van der Waals surface area contributed by atoms with E-state index in [4.69, 9.17) is 5.11 Å². The summed E-state index contributed by atoms with van der Waals surface area (Å²) in [5.41, 5.74) is -0.0870. The fourth-order valence-corrected chi connectivity index (χ4v) is 4.49. The summed E-state index contributed by atoms with van der Waals surface area (Å²) < 4.78 is 0. The molecule has 0 radical (unpaired) electrons. The molecule has 1 amide bonds. The van der Waals surface area contributed by atoms with Crippen LogP contribution in [0.15, 0.2) is 0 Å². The van der Waals surface area contributed by atoms with Gasteiger partial charge in [0, 0.05) is 32.3 Å². The van der Waals surface area contributed by atoms with Crippen LogP contribution in [0.5, 0.6) is 0 Å². The fourth-order valence-electron chi connectivity index (χ4n) is 4.49. The monoisotopic (exact) mass is 280 g/mol. The summed E-state index contributed by atoms with van der Waals surface area (Å²) in [5.74, 6) is 0.446. The lowest BCUT2D eigenvalue weighted by atomic mass is 9.77. The number of hydrogen-bond donors (Lipinski definition) is 1. The second-order valence-electron chi connectivity index (χ2n) is 6.92. The van der Waals surface area contributed by atoms with E-state index in [0.717, 1.165) is 45.4 Å². The van der Waals surface area contributed by atoms with E-state index in [1.165, 1.54) is 32.1 Å². The van der Waals surface area contributed by atoms with Crippen LogP contribution in [0.25, 0.3) is 0 Å². The number of carbonyl (C=O) groups excluding carboxylic acids is 1. The van der Waals surface area contributed by atoms with Crippen LogP contribution in [0.3, 0.4) is 0 Å². The van der Waals surface area contributed by atoms with Crippen LogP contribution >= 0.6 is 0 Å². The van der Waals surface area contributed by atoms with Crippen molar-refractivity contribution in [2.75, 3.05) is 32.8 Å². The van der Waals surface area contributed by atoms with Crippen LogP contribution in [0.2, 0.25) is 0 Å². The van der Waals surface area contributed by atoms with Crippen molar-refractivity contribution in [3.63, 3.8) is 0 Å². The van der Waals surface area contributed by atoms with Crippen molar-refractivity contribution in [3.8, 4) is 0 Å². The maximum Gasteiger partial charge on any atom is 0.230 e. The Kier molecular flexibility index (Phi) is 4.32. The lowest BCUT2D eigenvalue weighted by molar-refractivity contribution is -0.148. The maximum absolute atomic E-state index is 13.0. The summed E-state index contributed by atoms with van der Waals surface area (Å²) >= 11 is 0. The SMILES string of the molecule is O=C1N(C2CCCC2)CCC[C@@]12CCN(CCCO)C2. The third-order valence-electron chi connectivity index (χ3n) is 5.60. The highest BCUT2D eigenvalue weighted by Crippen LogP contribution is 2.42. The van der Waals surface area contributed by atoms with Gasteiger partial charge in [0.25, 0.3) is 0 Å². The molecule has 20 heavy (non-hydrogen) atoms. The molecule has 1 saturated carbocycles. The van der Waals surface area contributed by atoms with Crippen LogP contribution in [-0.4, -0.2) is 59.6 Å². The Morgan fingerprint density at radius 3 is 2.70 bits per heavy atom. The summed E-state index contributed by atoms with van der Waals surface area (Å²) in [4.78, 5) is 17.6. The molecule has 2 aliphatic heterocycles. The summed E-state index contributed by atoms with van der Waals surface area (Å²) in [6.45, 7) is 4.14. The second kappa shape index (κ2) is 6.02. The second-order valence-corrected chi connectivity index (χ2v) is 6.92. The van der Waals surface area contributed by atoms with Crippen LogP contribution in [0.4, 0.5) is 0 Å².